The van der Waals surface area contributed by atoms with Crippen LogP contribution in [0.4, 0.5) is 4.79 Å². The number of hydrogen-bond acceptors (Lipinski definition) is 3. The van der Waals surface area contributed by atoms with Crippen LogP contribution in [-0.4, -0.2) is 6.16 Å². The summed E-state index contributed by atoms with van der Waals surface area (Å²) >= 11 is 0. The third-order valence-corrected chi connectivity index (χ3v) is 5.02. The number of carbonyl (C=O) groups is 1. The molecule has 4 rings (SSSR count). The van der Waals surface area contributed by atoms with Crippen LogP contribution in [0.5, 0.6) is 11.5 Å². The Morgan fingerprint density at radius 1 is 0.714 bits per heavy atom. The van der Waals surface area contributed by atoms with Crippen molar-refractivity contribution in [3.05, 3.63) is 83.9 Å². The SMILES string of the molecule is CCc1cccc2cc3cccc(CC)c3c(OC(=O)Oc3ccccc3)c12. The molecule has 140 valence electrons. The smallest absolute Gasteiger partial charge is 0.395 e. The minimum absolute atomic E-state index is 0.462. The fourth-order valence-corrected chi connectivity index (χ4v) is 3.71. The van der Waals surface area contributed by atoms with Crippen molar-refractivity contribution < 1.29 is 14.3 Å². The maximum Gasteiger partial charge on any atom is 0.519 e. The number of para-hydroxylation sites is 1. The number of rotatable bonds is 4. The molecule has 0 aliphatic heterocycles. The molecule has 0 aliphatic rings. The van der Waals surface area contributed by atoms with Gasteiger partial charge in [0.2, 0.25) is 0 Å². The molecule has 0 saturated carbocycles. The van der Waals surface area contributed by atoms with Crippen molar-refractivity contribution in [1.82, 2.24) is 0 Å². The Kier molecular flexibility index (Phi) is 4.98. The number of ether oxygens (including phenoxy) is 2. The maximum absolute atomic E-state index is 12.6. The summed E-state index contributed by atoms with van der Waals surface area (Å²) in [5.74, 6) is 1.05. The Morgan fingerprint density at radius 3 is 1.82 bits per heavy atom. The third-order valence-electron chi connectivity index (χ3n) is 5.02. The first-order chi connectivity index (χ1) is 13.7. The molecule has 4 aromatic rings. The van der Waals surface area contributed by atoms with E-state index in [4.69, 9.17) is 9.47 Å². The average Bonchev–Trinajstić information content (AvgIpc) is 2.73. The minimum Gasteiger partial charge on any atom is -0.395 e. The first-order valence-corrected chi connectivity index (χ1v) is 9.62. The highest BCUT2D eigenvalue weighted by Gasteiger charge is 2.18. The van der Waals surface area contributed by atoms with E-state index in [1.54, 1.807) is 12.1 Å². The Bertz CT molecular complexity index is 1080. The van der Waals surface area contributed by atoms with E-state index in [1.165, 1.54) is 0 Å². The Balaban J connectivity index is 1.91. The van der Waals surface area contributed by atoms with Crippen LogP contribution in [0.3, 0.4) is 0 Å². The largest absolute Gasteiger partial charge is 0.519 e. The van der Waals surface area contributed by atoms with Gasteiger partial charge in [-0.05, 0) is 52.9 Å². The maximum atomic E-state index is 12.6. The molecule has 0 amide bonds. The van der Waals surface area contributed by atoms with Crippen LogP contribution in [0.2, 0.25) is 0 Å². The summed E-state index contributed by atoms with van der Waals surface area (Å²) in [6.07, 6.45) is 0.972. The third kappa shape index (κ3) is 3.31. The summed E-state index contributed by atoms with van der Waals surface area (Å²) in [5.41, 5.74) is 2.29. The molecule has 4 aromatic carbocycles. The van der Waals surface area contributed by atoms with Crippen molar-refractivity contribution in [2.24, 2.45) is 0 Å². The van der Waals surface area contributed by atoms with Crippen LogP contribution in [0, 0.1) is 0 Å². The number of hydrogen-bond donors (Lipinski definition) is 0. The molecule has 0 aromatic heterocycles. The van der Waals surface area contributed by atoms with E-state index in [-0.39, 0.29) is 0 Å². The number of carbonyl (C=O) groups excluding carboxylic acids is 1. The van der Waals surface area contributed by atoms with Crippen molar-refractivity contribution in [2.75, 3.05) is 0 Å². The van der Waals surface area contributed by atoms with Crippen molar-refractivity contribution in [3.8, 4) is 11.5 Å². The van der Waals surface area contributed by atoms with Gasteiger partial charge in [-0.1, -0.05) is 68.4 Å². The van der Waals surface area contributed by atoms with Crippen LogP contribution in [0.1, 0.15) is 25.0 Å². The number of aryl methyl sites for hydroxylation is 2. The molecular weight excluding hydrogens is 348 g/mol. The first-order valence-electron chi connectivity index (χ1n) is 9.62. The first kappa shape index (κ1) is 18.1. The molecule has 0 radical (unpaired) electrons. The van der Waals surface area contributed by atoms with Gasteiger partial charge in [-0.2, -0.15) is 0 Å². The molecular formula is C25H22O3. The lowest BCUT2D eigenvalue weighted by molar-refractivity contribution is 0.153. The lowest BCUT2D eigenvalue weighted by atomic mass is 9.94. The Labute approximate surface area is 164 Å². The summed E-state index contributed by atoms with van der Waals surface area (Å²) in [6, 6.07) is 23.5. The molecule has 0 unspecified atom stereocenters. The molecule has 0 atom stereocenters. The highest BCUT2D eigenvalue weighted by Crippen LogP contribution is 2.39. The zero-order valence-electron chi connectivity index (χ0n) is 16.1. The van der Waals surface area contributed by atoms with Crippen molar-refractivity contribution in [3.63, 3.8) is 0 Å². The second kappa shape index (κ2) is 7.73. The Hall–Kier alpha value is -3.33. The molecule has 0 spiro atoms. The average molecular weight is 370 g/mol. The predicted octanol–water partition coefficient (Wildman–Crippen LogP) is 6.70. The molecule has 0 aliphatic carbocycles. The van der Waals surface area contributed by atoms with Gasteiger partial charge in [0.05, 0.1) is 0 Å². The molecule has 3 nitrogen and oxygen atoms in total. The van der Waals surface area contributed by atoms with Gasteiger partial charge in [0, 0.05) is 10.8 Å². The van der Waals surface area contributed by atoms with Crippen molar-refractivity contribution in [1.29, 1.82) is 0 Å². The van der Waals surface area contributed by atoms with E-state index in [9.17, 15) is 4.79 Å². The van der Waals surface area contributed by atoms with Gasteiger partial charge < -0.3 is 9.47 Å². The number of fused-ring (bicyclic) bond motifs is 2. The summed E-state index contributed by atoms with van der Waals surface area (Å²) < 4.78 is 11.3. The normalized spacial score (nSPS) is 10.9. The van der Waals surface area contributed by atoms with Gasteiger partial charge in [0.15, 0.2) is 5.75 Å². The highest BCUT2D eigenvalue weighted by atomic mass is 16.7. The molecule has 0 saturated heterocycles. The topological polar surface area (TPSA) is 35.5 Å². The Morgan fingerprint density at radius 2 is 1.29 bits per heavy atom. The van der Waals surface area contributed by atoms with Gasteiger partial charge in [0.25, 0.3) is 0 Å². The van der Waals surface area contributed by atoms with Crippen molar-refractivity contribution in [2.45, 2.75) is 26.7 Å². The van der Waals surface area contributed by atoms with Gasteiger partial charge in [0.1, 0.15) is 5.75 Å². The summed E-state index contributed by atoms with van der Waals surface area (Å²) in [4.78, 5) is 12.6. The molecule has 0 N–H and O–H groups in total. The van der Waals surface area contributed by atoms with E-state index in [0.717, 1.165) is 45.5 Å². The van der Waals surface area contributed by atoms with Gasteiger partial charge >= 0.3 is 6.16 Å². The van der Waals surface area contributed by atoms with Crippen LogP contribution in [-0.2, 0) is 12.8 Å². The molecule has 3 heteroatoms. The monoisotopic (exact) mass is 370 g/mol. The fraction of sp³-hybridized carbons (Fsp3) is 0.160. The quantitative estimate of drug-likeness (QED) is 0.228. The zero-order chi connectivity index (χ0) is 19.5. The van der Waals surface area contributed by atoms with Crippen LogP contribution < -0.4 is 9.47 Å². The van der Waals surface area contributed by atoms with Gasteiger partial charge in [-0.3, -0.25) is 0 Å². The summed E-state index contributed by atoms with van der Waals surface area (Å²) in [5, 5.41) is 4.07. The van der Waals surface area contributed by atoms with Gasteiger partial charge in [-0.25, -0.2) is 4.79 Å². The fourth-order valence-electron chi connectivity index (χ4n) is 3.71. The van der Waals surface area contributed by atoms with E-state index in [1.807, 2.05) is 30.3 Å². The standard InChI is InChI=1S/C25H22O3/c1-3-17-10-8-12-19-16-20-13-9-11-18(4-2)23(20)24(22(17)19)28-25(26)27-21-14-6-5-7-15-21/h5-16H,3-4H2,1-2H3. The lowest BCUT2D eigenvalue weighted by Gasteiger charge is -2.16. The second-order valence-electron chi connectivity index (χ2n) is 6.71. The molecule has 0 fully saturated rings. The van der Waals surface area contributed by atoms with E-state index in [2.05, 4.69) is 44.2 Å². The van der Waals surface area contributed by atoms with Crippen LogP contribution in [0.25, 0.3) is 21.5 Å². The highest BCUT2D eigenvalue weighted by molar-refractivity contribution is 6.08. The molecule has 0 bridgehead atoms. The summed E-state index contributed by atoms with van der Waals surface area (Å²) in [6.45, 7) is 4.22. The second-order valence-corrected chi connectivity index (χ2v) is 6.71. The van der Waals surface area contributed by atoms with E-state index in [0.29, 0.717) is 11.5 Å². The van der Waals surface area contributed by atoms with Crippen LogP contribution >= 0.6 is 0 Å². The van der Waals surface area contributed by atoms with Gasteiger partial charge in [-0.15, -0.1) is 0 Å². The molecule has 28 heavy (non-hydrogen) atoms. The predicted molar refractivity (Wildman–Crippen MR) is 113 cm³/mol. The summed E-state index contributed by atoms with van der Waals surface area (Å²) in [7, 11) is 0. The number of benzene rings is 4. The minimum atomic E-state index is -0.725. The van der Waals surface area contributed by atoms with Crippen LogP contribution in [0.15, 0.2) is 72.8 Å². The van der Waals surface area contributed by atoms with E-state index >= 15 is 0 Å². The lowest BCUT2D eigenvalue weighted by Crippen LogP contribution is -2.14. The molecule has 0 heterocycles. The zero-order valence-corrected chi connectivity index (χ0v) is 16.1. The van der Waals surface area contributed by atoms with Crippen molar-refractivity contribution >= 4 is 27.7 Å². The van der Waals surface area contributed by atoms with E-state index < -0.39 is 6.16 Å².